The van der Waals surface area contributed by atoms with Gasteiger partial charge in [0.2, 0.25) is 10.0 Å². The Labute approximate surface area is 134 Å². The predicted octanol–water partition coefficient (Wildman–Crippen LogP) is 0.492. The fourth-order valence-electron chi connectivity index (χ4n) is 1.77. The Bertz CT molecular complexity index is 727. The molecule has 9 heteroatoms. The molecule has 0 aromatic heterocycles. The largest absolute Gasteiger partial charge is 0.496 e. The van der Waals surface area contributed by atoms with E-state index in [2.05, 4.69) is 5.32 Å². The molecular formula is C14H18N2O6S. The molecular weight excluding hydrogens is 324 g/mol. The van der Waals surface area contributed by atoms with Gasteiger partial charge in [0.25, 0.3) is 5.91 Å². The van der Waals surface area contributed by atoms with Crippen LogP contribution in [0.2, 0.25) is 0 Å². The number of aliphatic carboxylic acids is 1. The van der Waals surface area contributed by atoms with Gasteiger partial charge in [-0.25, -0.2) is 18.4 Å². The van der Waals surface area contributed by atoms with Crippen LogP contribution in [0, 0.1) is 0 Å². The van der Waals surface area contributed by atoms with Crippen molar-refractivity contribution in [2.75, 3.05) is 7.11 Å². The molecule has 0 heterocycles. The average Bonchev–Trinajstić information content (AvgIpc) is 2.49. The summed E-state index contributed by atoms with van der Waals surface area (Å²) in [5.74, 6) is -1.88. The zero-order valence-electron chi connectivity index (χ0n) is 12.6. The molecule has 1 aromatic rings. The number of amides is 1. The standard InChI is InChI=1S/C14H18N2O6S/c1-3-4-5-11(14(18)19)16-13(17)10-8-9(23(15,20)21)6-7-12(10)22-2/h3-4,6-8,11H,5H2,1-2H3,(H,16,17)(H,18,19)(H2,15,20,21)/b4-3+. The van der Waals surface area contributed by atoms with Crippen molar-refractivity contribution in [3.63, 3.8) is 0 Å². The van der Waals surface area contributed by atoms with Gasteiger partial charge in [-0.15, -0.1) is 0 Å². The minimum atomic E-state index is -4.01. The predicted molar refractivity (Wildman–Crippen MR) is 82.7 cm³/mol. The van der Waals surface area contributed by atoms with Crippen LogP contribution in [0.25, 0.3) is 0 Å². The van der Waals surface area contributed by atoms with E-state index in [4.69, 9.17) is 15.0 Å². The van der Waals surface area contributed by atoms with Crippen LogP contribution in [0.5, 0.6) is 5.75 Å². The molecule has 0 saturated heterocycles. The molecule has 126 valence electrons. The van der Waals surface area contributed by atoms with Crippen LogP contribution < -0.4 is 15.2 Å². The van der Waals surface area contributed by atoms with Gasteiger partial charge in [0, 0.05) is 0 Å². The van der Waals surface area contributed by atoms with E-state index in [1.165, 1.54) is 19.2 Å². The minimum absolute atomic E-state index is 0.0920. The summed E-state index contributed by atoms with van der Waals surface area (Å²) in [6, 6.07) is 2.36. The highest BCUT2D eigenvalue weighted by atomic mass is 32.2. The van der Waals surface area contributed by atoms with Crippen molar-refractivity contribution in [3.8, 4) is 5.75 Å². The van der Waals surface area contributed by atoms with Crippen molar-refractivity contribution < 1.29 is 27.9 Å². The van der Waals surface area contributed by atoms with Crippen LogP contribution in [0.3, 0.4) is 0 Å². The summed E-state index contributed by atoms with van der Waals surface area (Å²) in [6.07, 6.45) is 3.34. The van der Waals surface area contributed by atoms with E-state index < -0.39 is 27.9 Å². The number of primary sulfonamides is 1. The van der Waals surface area contributed by atoms with Crippen LogP contribution in [0.15, 0.2) is 35.2 Å². The number of nitrogens with two attached hydrogens (primary N) is 1. The monoisotopic (exact) mass is 342 g/mol. The number of carbonyl (C=O) groups is 2. The lowest BCUT2D eigenvalue weighted by molar-refractivity contribution is -0.139. The average molecular weight is 342 g/mol. The molecule has 1 unspecified atom stereocenters. The summed E-state index contributed by atoms with van der Waals surface area (Å²) < 4.78 is 27.8. The van der Waals surface area contributed by atoms with Crippen LogP contribution in [-0.2, 0) is 14.8 Å². The lowest BCUT2D eigenvalue weighted by Crippen LogP contribution is -2.40. The molecule has 0 bridgehead atoms. The Morgan fingerprint density at radius 3 is 2.57 bits per heavy atom. The van der Waals surface area contributed by atoms with Crippen molar-refractivity contribution in [2.45, 2.75) is 24.3 Å². The van der Waals surface area contributed by atoms with Gasteiger partial charge in [-0.3, -0.25) is 4.79 Å². The first-order valence-corrected chi connectivity index (χ1v) is 8.11. The maximum absolute atomic E-state index is 12.3. The van der Waals surface area contributed by atoms with Crippen molar-refractivity contribution in [3.05, 3.63) is 35.9 Å². The number of sulfonamides is 1. The maximum atomic E-state index is 12.3. The molecule has 0 saturated carbocycles. The zero-order valence-corrected chi connectivity index (χ0v) is 13.5. The number of rotatable bonds is 7. The Morgan fingerprint density at radius 2 is 2.09 bits per heavy atom. The fourth-order valence-corrected chi connectivity index (χ4v) is 2.31. The molecule has 23 heavy (non-hydrogen) atoms. The Hall–Kier alpha value is -2.39. The molecule has 1 rings (SSSR count). The minimum Gasteiger partial charge on any atom is -0.496 e. The second kappa shape index (κ2) is 7.75. The van der Waals surface area contributed by atoms with E-state index in [9.17, 15) is 18.0 Å². The maximum Gasteiger partial charge on any atom is 0.326 e. The smallest absolute Gasteiger partial charge is 0.326 e. The number of carboxylic acid groups (broad SMARTS) is 1. The SMILES string of the molecule is C/C=C/CC(NC(=O)c1cc(S(N)(=O)=O)ccc1OC)C(=O)O. The molecule has 0 aliphatic rings. The highest BCUT2D eigenvalue weighted by Crippen LogP contribution is 2.22. The number of hydrogen-bond acceptors (Lipinski definition) is 5. The number of methoxy groups -OCH3 is 1. The first-order valence-electron chi connectivity index (χ1n) is 6.56. The van der Waals surface area contributed by atoms with Crippen LogP contribution >= 0.6 is 0 Å². The lowest BCUT2D eigenvalue weighted by atomic mass is 10.1. The summed E-state index contributed by atoms with van der Waals surface area (Å²) in [5.41, 5.74) is -0.120. The highest BCUT2D eigenvalue weighted by Gasteiger charge is 2.23. The van der Waals surface area contributed by atoms with Gasteiger partial charge in [0.05, 0.1) is 17.6 Å². The molecule has 1 amide bonds. The van der Waals surface area contributed by atoms with Crippen molar-refractivity contribution in [1.29, 1.82) is 0 Å². The number of hydrogen-bond donors (Lipinski definition) is 3. The van der Waals surface area contributed by atoms with Crippen LogP contribution in [-0.4, -0.2) is 38.6 Å². The molecule has 0 fully saturated rings. The lowest BCUT2D eigenvalue weighted by Gasteiger charge is -2.15. The zero-order chi connectivity index (χ0) is 17.6. The van der Waals surface area contributed by atoms with Crippen molar-refractivity contribution in [2.24, 2.45) is 5.14 Å². The van der Waals surface area contributed by atoms with E-state index in [0.29, 0.717) is 0 Å². The van der Waals surface area contributed by atoms with Gasteiger partial charge in [-0.2, -0.15) is 0 Å². The van der Waals surface area contributed by atoms with Gasteiger partial charge in [-0.1, -0.05) is 12.2 Å². The van der Waals surface area contributed by atoms with Gasteiger partial charge < -0.3 is 15.2 Å². The number of carbonyl (C=O) groups excluding carboxylic acids is 1. The molecule has 4 N–H and O–H groups in total. The summed E-state index contributed by atoms with van der Waals surface area (Å²) in [7, 11) is -2.70. The van der Waals surface area contributed by atoms with Gasteiger partial charge >= 0.3 is 5.97 Å². The fraction of sp³-hybridized carbons (Fsp3) is 0.286. The molecule has 0 aliphatic carbocycles. The normalized spacial score (nSPS) is 12.8. The number of benzene rings is 1. The summed E-state index contributed by atoms with van der Waals surface area (Å²) >= 11 is 0. The van der Waals surface area contributed by atoms with Crippen LogP contribution in [0.4, 0.5) is 0 Å². The summed E-state index contributed by atoms with van der Waals surface area (Å²) in [4.78, 5) is 23.2. The number of allylic oxidation sites excluding steroid dienone is 1. The van der Waals surface area contributed by atoms with E-state index in [1.807, 2.05) is 0 Å². The Balaban J connectivity index is 3.17. The van der Waals surface area contributed by atoms with Crippen molar-refractivity contribution >= 4 is 21.9 Å². The number of nitrogens with one attached hydrogen (secondary N) is 1. The quantitative estimate of drug-likeness (QED) is 0.617. The second-order valence-corrected chi connectivity index (χ2v) is 6.14. The first kappa shape index (κ1) is 18.7. The molecule has 1 atom stereocenters. The first-order chi connectivity index (χ1) is 10.7. The van der Waals surface area contributed by atoms with Crippen molar-refractivity contribution in [1.82, 2.24) is 5.32 Å². The Morgan fingerprint density at radius 1 is 1.43 bits per heavy atom. The molecule has 8 nitrogen and oxygen atoms in total. The molecule has 1 aromatic carbocycles. The molecule has 0 spiro atoms. The van der Waals surface area contributed by atoms with Gasteiger partial charge in [0.1, 0.15) is 11.8 Å². The third-order valence-electron chi connectivity index (χ3n) is 2.96. The van der Waals surface area contributed by atoms with E-state index in [0.717, 1.165) is 6.07 Å². The van der Waals surface area contributed by atoms with Crippen LogP contribution in [0.1, 0.15) is 23.7 Å². The number of carboxylic acids is 1. The summed E-state index contributed by atoms with van der Waals surface area (Å²) in [5, 5.41) is 16.5. The third kappa shape index (κ3) is 5.08. The Kier molecular flexibility index (Phi) is 6.28. The molecule has 0 radical (unpaired) electrons. The molecule has 0 aliphatic heterocycles. The van der Waals surface area contributed by atoms with Gasteiger partial charge in [0.15, 0.2) is 0 Å². The second-order valence-electron chi connectivity index (χ2n) is 4.58. The summed E-state index contributed by atoms with van der Waals surface area (Å²) in [6.45, 7) is 1.72. The third-order valence-corrected chi connectivity index (χ3v) is 3.87. The van der Waals surface area contributed by atoms with E-state index >= 15 is 0 Å². The van der Waals surface area contributed by atoms with E-state index in [1.54, 1.807) is 19.1 Å². The topological polar surface area (TPSA) is 136 Å². The number of ether oxygens (including phenoxy) is 1. The van der Waals surface area contributed by atoms with Gasteiger partial charge in [-0.05, 0) is 31.5 Å². The highest BCUT2D eigenvalue weighted by molar-refractivity contribution is 7.89. The van der Waals surface area contributed by atoms with E-state index in [-0.39, 0.29) is 22.6 Å².